The molecule has 6 nitrogen and oxygen atoms in total. The van der Waals surface area contributed by atoms with E-state index >= 15 is 0 Å². The summed E-state index contributed by atoms with van der Waals surface area (Å²) in [6.45, 7) is 4.06. The molecule has 0 saturated carbocycles. The summed E-state index contributed by atoms with van der Waals surface area (Å²) in [7, 11) is -3.36. The van der Waals surface area contributed by atoms with Gasteiger partial charge in [-0.1, -0.05) is 0 Å². The Hall–Kier alpha value is -0.580. The first-order valence-corrected chi connectivity index (χ1v) is 6.45. The Morgan fingerprint density at radius 2 is 2.00 bits per heavy atom. The largest absolute Gasteiger partial charge is 0.509 e. The average molecular weight is 238 g/mol. The Balaban J connectivity index is 2.69. The zero-order chi connectivity index (χ0) is 11.3. The molecule has 0 bridgehead atoms. The first-order chi connectivity index (χ1) is 7.12. The summed E-state index contributed by atoms with van der Waals surface area (Å²) in [5, 5.41) is 0. The van der Waals surface area contributed by atoms with Gasteiger partial charge in [-0.25, -0.2) is 4.79 Å². The number of hydrogen-bond acceptors (Lipinski definition) is 6. The maximum Gasteiger partial charge on any atom is 0.509 e. The third-order valence-corrected chi connectivity index (χ3v) is 4.09. The molecule has 88 valence electrons. The van der Waals surface area contributed by atoms with Crippen LogP contribution in [0.4, 0.5) is 4.79 Å². The van der Waals surface area contributed by atoms with Gasteiger partial charge in [-0.15, -0.1) is 0 Å². The van der Waals surface area contributed by atoms with Gasteiger partial charge in [-0.05, 0) is 13.8 Å². The van der Waals surface area contributed by atoms with Crippen molar-refractivity contribution >= 4 is 13.8 Å². The second-order valence-corrected chi connectivity index (χ2v) is 5.01. The van der Waals surface area contributed by atoms with Crippen molar-refractivity contribution in [1.29, 1.82) is 0 Å². The van der Waals surface area contributed by atoms with E-state index in [0.717, 1.165) is 0 Å². The highest BCUT2D eigenvalue weighted by Gasteiger charge is 2.41. The van der Waals surface area contributed by atoms with Gasteiger partial charge in [-0.3, -0.25) is 4.57 Å². The molecule has 1 aliphatic heterocycles. The van der Waals surface area contributed by atoms with Crippen molar-refractivity contribution < 1.29 is 27.9 Å². The summed E-state index contributed by atoms with van der Waals surface area (Å²) in [5.74, 6) is -0.848. The molecular formula is C8H15O6P. The summed E-state index contributed by atoms with van der Waals surface area (Å²) in [5.41, 5.74) is 0. The van der Waals surface area contributed by atoms with E-state index < -0.39 is 19.6 Å². The van der Waals surface area contributed by atoms with Crippen molar-refractivity contribution in [1.82, 2.24) is 0 Å². The molecule has 0 radical (unpaired) electrons. The van der Waals surface area contributed by atoms with Crippen LogP contribution in [-0.4, -0.2) is 31.8 Å². The molecule has 0 aromatic carbocycles. The zero-order valence-electron chi connectivity index (χ0n) is 8.80. The monoisotopic (exact) mass is 238 g/mol. The fraction of sp³-hybridized carbons (Fsp3) is 0.875. The first kappa shape index (κ1) is 12.5. The maximum absolute atomic E-state index is 12.1. The van der Waals surface area contributed by atoms with E-state index in [4.69, 9.17) is 13.8 Å². The minimum atomic E-state index is -3.36. The Morgan fingerprint density at radius 1 is 1.40 bits per heavy atom. The average Bonchev–Trinajstić information content (AvgIpc) is 2.18. The van der Waals surface area contributed by atoms with Crippen LogP contribution < -0.4 is 0 Å². The van der Waals surface area contributed by atoms with Gasteiger partial charge in [0.05, 0.1) is 19.8 Å². The molecule has 0 amide bonds. The van der Waals surface area contributed by atoms with Gasteiger partial charge >= 0.3 is 13.8 Å². The molecular weight excluding hydrogens is 223 g/mol. The molecule has 0 spiro atoms. The summed E-state index contributed by atoms with van der Waals surface area (Å²) >= 11 is 0. The topological polar surface area (TPSA) is 71.1 Å². The van der Waals surface area contributed by atoms with E-state index in [-0.39, 0.29) is 19.8 Å². The fourth-order valence-corrected chi connectivity index (χ4v) is 3.00. The molecule has 7 heteroatoms. The Kier molecular flexibility index (Phi) is 4.57. The minimum absolute atomic E-state index is 0.174. The van der Waals surface area contributed by atoms with E-state index in [1.54, 1.807) is 13.8 Å². The summed E-state index contributed by atoms with van der Waals surface area (Å²) in [6, 6.07) is 0. The van der Waals surface area contributed by atoms with Gasteiger partial charge < -0.3 is 18.5 Å². The van der Waals surface area contributed by atoms with Crippen molar-refractivity contribution in [3.63, 3.8) is 0 Å². The smallest absolute Gasteiger partial charge is 0.434 e. The summed E-state index contributed by atoms with van der Waals surface area (Å²) < 4.78 is 31.6. The lowest BCUT2D eigenvalue weighted by Crippen LogP contribution is -2.28. The Labute approximate surface area is 88.4 Å². The van der Waals surface area contributed by atoms with E-state index in [0.29, 0.717) is 6.42 Å². The van der Waals surface area contributed by atoms with Crippen LogP contribution in [0.3, 0.4) is 0 Å². The van der Waals surface area contributed by atoms with Crippen LogP contribution in [0.1, 0.15) is 20.3 Å². The van der Waals surface area contributed by atoms with E-state index in [9.17, 15) is 9.36 Å². The molecule has 0 aromatic heterocycles. The predicted octanol–water partition coefficient (Wildman–Crippen LogP) is 2.14. The van der Waals surface area contributed by atoms with Crippen LogP contribution in [0.15, 0.2) is 0 Å². The first-order valence-electron chi connectivity index (χ1n) is 4.84. The molecule has 1 heterocycles. The van der Waals surface area contributed by atoms with Gasteiger partial charge in [0, 0.05) is 6.42 Å². The van der Waals surface area contributed by atoms with Crippen molar-refractivity contribution in [2.75, 3.05) is 19.8 Å². The molecule has 1 rings (SSSR count). The molecule has 0 aromatic rings. The normalized spacial score (nSPS) is 22.0. The number of ether oxygens (including phenoxy) is 2. The second kappa shape index (κ2) is 5.49. The van der Waals surface area contributed by atoms with E-state index in [1.807, 2.05) is 0 Å². The van der Waals surface area contributed by atoms with Crippen LogP contribution >= 0.6 is 7.60 Å². The van der Waals surface area contributed by atoms with Crippen LogP contribution in [0.25, 0.3) is 0 Å². The summed E-state index contributed by atoms with van der Waals surface area (Å²) in [4.78, 5) is 10.9. The van der Waals surface area contributed by atoms with Crippen molar-refractivity contribution in [2.24, 2.45) is 0 Å². The lowest BCUT2D eigenvalue weighted by molar-refractivity contribution is -0.00730. The predicted molar refractivity (Wildman–Crippen MR) is 51.7 cm³/mol. The molecule has 1 fully saturated rings. The molecule has 1 atom stereocenters. The van der Waals surface area contributed by atoms with Crippen LogP contribution in [-0.2, 0) is 23.1 Å². The standard InChI is InChI=1S/C8H15O6P/c1-3-12-15(10,13-4-2)7-5-6-11-8(9)14-7/h7H,3-6H2,1-2H3. The van der Waals surface area contributed by atoms with Crippen LogP contribution in [0.2, 0.25) is 0 Å². The highest BCUT2D eigenvalue weighted by molar-refractivity contribution is 7.54. The molecule has 0 N–H and O–H groups in total. The van der Waals surface area contributed by atoms with E-state index in [2.05, 4.69) is 4.74 Å². The van der Waals surface area contributed by atoms with E-state index in [1.165, 1.54) is 0 Å². The van der Waals surface area contributed by atoms with Crippen LogP contribution in [0.5, 0.6) is 0 Å². The second-order valence-electron chi connectivity index (χ2n) is 2.84. The molecule has 15 heavy (non-hydrogen) atoms. The number of carbonyl (C=O) groups excluding carboxylic acids is 1. The Morgan fingerprint density at radius 3 is 2.47 bits per heavy atom. The number of cyclic esters (lactones) is 2. The lowest BCUT2D eigenvalue weighted by atomic mass is 10.5. The van der Waals surface area contributed by atoms with Gasteiger partial charge in [0.25, 0.3) is 0 Å². The third kappa shape index (κ3) is 3.19. The van der Waals surface area contributed by atoms with Gasteiger partial charge in [0.15, 0.2) is 0 Å². The van der Waals surface area contributed by atoms with Crippen molar-refractivity contribution in [3.05, 3.63) is 0 Å². The van der Waals surface area contributed by atoms with Crippen LogP contribution in [0, 0.1) is 0 Å². The van der Waals surface area contributed by atoms with Gasteiger partial charge in [0.2, 0.25) is 5.85 Å². The minimum Gasteiger partial charge on any atom is -0.434 e. The number of carbonyl (C=O) groups is 1. The molecule has 1 aliphatic rings. The lowest BCUT2D eigenvalue weighted by Gasteiger charge is -2.28. The number of rotatable bonds is 5. The molecule has 0 aliphatic carbocycles. The zero-order valence-corrected chi connectivity index (χ0v) is 9.70. The SMILES string of the molecule is CCOP(=O)(OCC)C1CCOC(=O)O1. The Bertz CT molecular complexity index is 256. The van der Waals surface area contributed by atoms with Crippen molar-refractivity contribution in [3.8, 4) is 0 Å². The quantitative estimate of drug-likeness (QED) is 0.539. The molecule has 1 unspecified atom stereocenters. The maximum atomic E-state index is 12.1. The third-order valence-electron chi connectivity index (χ3n) is 1.79. The highest BCUT2D eigenvalue weighted by Crippen LogP contribution is 2.55. The van der Waals surface area contributed by atoms with Gasteiger partial charge in [-0.2, -0.15) is 0 Å². The fourth-order valence-electron chi connectivity index (χ4n) is 1.23. The highest BCUT2D eigenvalue weighted by atomic mass is 31.2. The molecule has 1 saturated heterocycles. The van der Waals surface area contributed by atoms with Crippen molar-refractivity contribution in [2.45, 2.75) is 26.1 Å². The summed E-state index contributed by atoms with van der Waals surface area (Å²) in [6.07, 6.45) is -0.505. The number of hydrogen-bond donors (Lipinski definition) is 0. The van der Waals surface area contributed by atoms with Gasteiger partial charge in [0.1, 0.15) is 0 Å².